The Bertz CT molecular complexity index is 525. The average molecular weight is 322 g/mol. The number of anilines is 1. The number of rotatable bonds is 6. The largest absolute Gasteiger partial charge is 0.396 e. The maximum absolute atomic E-state index is 12.4. The number of hydrogen-bond acceptors (Lipinski definition) is 3. The first kappa shape index (κ1) is 17.8. The lowest BCUT2D eigenvalue weighted by atomic mass is 10.1. The number of nitrogens with one attached hydrogen (secondary N) is 1. The Balaban J connectivity index is 2.05. The number of amides is 2. The van der Waals surface area contributed by atoms with E-state index in [0.717, 1.165) is 30.8 Å². The lowest BCUT2D eigenvalue weighted by molar-refractivity contribution is 0.208. The van der Waals surface area contributed by atoms with Crippen molar-refractivity contribution in [2.45, 2.75) is 53.0 Å². The zero-order valence-corrected chi connectivity index (χ0v) is 14.7. The molecule has 2 N–H and O–H groups in total. The van der Waals surface area contributed by atoms with Crippen molar-refractivity contribution < 1.29 is 9.90 Å². The maximum atomic E-state index is 12.4. The van der Waals surface area contributed by atoms with Crippen LogP contribution in [-0.4, -0.2) is 45.5 Å². The molecule has 0 unspecified atom stereocenters. The third kappa shape index (κ3) is 4.47. The van der Waals surface area contributed by atoms with Crippen molar-refractivity contribution in [1.29, 1.82) is 0 Å². The van der Waals surface area contributed by atoms with Gasteiger partial charge in [-0.05, 0) is 24.7 Å². The maximum Gasteiger partial charge on any atom is 0.321 e. The van der Waals surface area contributed by atoms with Gasteiger partial charge in [-0.3, -0.25) is 4.68 Å². The summed E-state index contributed by atoms with van der Waals surface area (Å²) in [7, 11) is 0. The van der Waals surface area contributed by atoms with Gasteiger partial charge in [0.2, 0.25) is 0 Å². The van der Waals surface area contributed by atoms with Crippen LogP contribution >= 0.6 is 0 Å². The van der Waals surface area contributed by atoms with Crippen molar-refractivity contribution in [3.05, 3.63) is 11.9 Å². The van der Waals surface area contributed by atoms with E-state index in [-0.39, 0.29) is 18.6 Å². The Morgan fingerprint density at radius 1 is 1.43 bits per heavy atom. The Labute approximate surface area is 138 Å². The smallest absolute Gasteiger partial charge is 0.321 e. The van der Waals surface area contributed by atoms with Crippen LogP contribution in [0, 0.1) is 11.8 Å². The quantitative estimate of drug-likeness (QED) is 0.846. The molecule has 0 aromatic carbocycles. The number of carbonyl (C=O) groups is 1. The Kier molecular flexibility index (Phi) is 6.04. The monoisotopic (exact) mass is 322 g/mol. The highest BCUT2D eigenvalue weighted by molar-refractivity contribution is 5.90. The summed E-state index contributed by atoms with van der Waals surface area (Å²) in [4.78, 5) is 14.2. The fourth-order valence-electron chi connectivity index (χ4n) is 3.02. The van der Waals surface area contributed by atoms with Crippen LogP contribution in [0.5, 0.6) is 0 Å². The molecule has 6 nitrogen and oxygen atoms in total. The summed E-state index contributed by atoms with van der Waals surface area (Å²) in [5, 5.41) is 16.7. The molecule has 6 heteroatoms. The number of likely N-dealkylation sites (tertiary alicyclic amines) is 1. The molecule has 1 atom stereocenters. The summed E-state index contributed by atoms with van der Waals surface area (Å²) in [5.74, 6) is 1.13. The molecule has 1 aromatic heterocycles. The molecule has 1 aliphatic rings. The zero-order valence-electron chi connectivity index (χ0n) is 14.7. The van der Waals surface area contributed by atoms with Gasteiger partial charge in [-0.1, -0.05) is 27.7 Å². The van der Waals surface area contributed by atoms with Crippen LogP contribution in [0.4, 0.5) is 10.5 Å². The number of urea groups is 1. The van der Waals surface area contributed by atoms with Gasteiger partial charge >= 0.3 is 6.03 Å². The summed E-state index contributed by atoms with van der Waals surface area (Å²) in [6.07, 6.45) is 3.70. The molecular formula is C17H30N4O2. The van der Waals surface area contributed by atoms with Gasteiger partial charge in [0.05, 0.1) is 17.6 Å². The number of aromatic nitrogens is 2. The molecule has 0 radical (unpaired) electrons. The molecule has 2 heterocycles. The highest BCUT2D eigenvalue weighted by Gasteiger charge is 2.27. The van der Waals surface area contributed by atoms with Crippen LogP contribution in [0.1, 0.15) is 52.1 Å². The van der Waals surface area contributed by atoms with Crippen molar-refractivity contribution in [3.63, 3.8) is 0 Å². The van der Waals surface area contributed by atoms with Gasteiger partial charge in [0.15, 0.2) is 0 Å². The normalized spacial score (nSPS) is 18.2. The second-order valence-corrected chi connectivity index (χ2v) is 7.22. The minimum Gasteiger partial charge on any atom is -0.396 e. The van der Waals surface area contributed by atoms with Gasteiger partial charge in [-0.2, -0.15) is 5.10 Å². The first-order chi connectivity index (χ1) is 10.9. The van der Waals surface area contributed by atoms with E-state index in [1.165, 1.54) is 0 Å². The van der Waals surface area contributed by atoms with Crippen molar-refractivity contribution >= 4 is 11.7 Å². The van der Waals surface area contributed by atoms with Crippen molar-refractivity contribution in [2.75, 3.05) is 25.0 Å². The van der Waals surface area contributed by atoms with Crippen LogP contribution in [-0.2, 0) is 6.54 Å². The number of aliphatic hydroxyl groups excluding tert-OH is 1. The number of nitrogens with zero attached hydrogens (tertiary/aromatic N) is 3. The Hall–Kier alpha value is -1.56. The van der Waals surface area contributed by atoms with E-state index in [9.17, 15) is 9.90 Å². The lowest BCUT2D eigenvalue weighted by Crippen LogP contribution is -2.33. The number of carbonyl (C=O) groups excluding carboxylic acids is 1. The lowest BCUT2D eigenvalue weighted by Gasteiger charge is -2.18. The SMILES string of the molecule is CC(C)CCn1ncc(NC(=O)N2CC[C@@H](CO)C2)c1C(C)C. The highest BCUT2D eigenvalue weighted by Crippen LogP contribution is 2.26. The number of hydrogen-bond donors (Lipinski definition) is 2. The van der Waals surface area contributed by atoms with E-state index in [4.69, 9.17) is 0 Å². The molecule has 1 aliphatic heterocycles. The van der Waals surface area contributed by atoms with Crippen molar-refractivity contribution in [1.82, 2.24) is 14.7 Å². The van der Waals surface area contributed by atoms with Crippen LogP contribution in [0.15, 0.2) is 6.20 Å². The summed E-state index contributed by atoms with van der Waals surface area (Å²) >= 11 is 0. The molecule has 0 bridgehead atoms. The van der Waals surface area contributed by atoms with Gasteiger partial charge < -0.3 is 15.3 Å². The summed E-state index contributed by atoms with van der Waals surface area (Å²) in [6.45, 7) is 11.0. The molecule has 1 fully saturated rings. The van der Waals surface area contributed by atoms with Crippen LogP contribution < -0.4 is 5.32 Å². The van der Waals surface area contributed by atoms with E-state index in [2.05, 4.69) is 38.1 Å². The second kappa shape index (κ2) is 7.81. The molecule has 1 saturated heterocycles. The van der Waals surface area contributed by atoms with Gasteiger partial charge in [0.25, 0.3) is 0 Å². The topological polar surface area (TPSA) is 70.4 Å². The van der Waals surface area contributed by atoms with Gasteiger partial charge in [0.1, 0.15) is 0 Å². The van der Waals surface area contributed by atoms with Crippen molar-refractivity contribution in [3.8, 4) is 0 Å². The fraction of sp³-hybridized carbons (Fsp3) is 0.765. The molecule has 2 amide bonds. The molecule has 1 aromatic rings. The van der Waals surface area contributed by atoms with E-state index in [1.807, 2.05) is 4.68 Å². The summed E-state index contributed by atoms with van der Waals surface area (Å²) < 4.78 is 2.01. The van der Waals surface area contributed by atoms with E-state index in [1.54, 1.807) is 11.1 Å². The average Bonchev–Trinajstić information content (AvgIpc) is 3.11. The molecule has 23 heavy (non-hydrogen) atoms. The van der Waals surface area contributed by atoms with Gasteiger partial charge in [-0.15, -0.1) is 0 Å². The molecule has 130 valence electrons. The van der Waals surface area contributed by atoms with Gasteiger partial charge in [-0.25, -0.2) is 4.79 Å². The molecule has 2 rings (SSSR count). The van der Waals surface area contributed by atoms with Crippen LogP contribution in [0.25, 0.3) is 0 Å². The number of aliphatic hydroxyl groups is 1. The Morgan fingerprint density at radius 2 is 2.17 bits per heavy atom. The predicted molar refractivity (Wildman–Crippen MR) is 91.6 cm³/mol. The van der Waals surface area contributed by atoms with E-state index >= 15 is 0 Å². The summed E-state index contributed by atoms with van der Waals surface area (Å²) in [6, 6.07) is -0.0914. The fourth-order valence-corrected chi connectivity index (χ4v) is 3.02. The van der Waals surface area contributed by atoms with Gasteiger partial charge in [0, 0.05) is 32.2 Å². The molecule has 0 spiro atoms. The van der Waals surface area contributed by atoms with Crippen LogP contribution in [0.2, 0.25) is 0 Å². The van der Waals surface area contributed by atoms with Crippen LogP contribution in [0.3, 0.4) is 0 Å². The molecular weight excluding hydrogens is 292 g/mol. The standard InChI is InChI=1S/C17H30N4O2/c1-12(2)5-8-21-16(13(3)4)15(9-18-21)19-17(23)20-7-6-14(10-20)11-22/h9,12-14,22H,5-8,10-11H2,1-4H3,(H,19,23)/t14-/m1/s1. The van der Waals surface area contributed by atoms with E-state index in [0.29, 0.717) is 24.9 Å². The first-order valence-electron chi connectivity index (χ1n) is 8.64. The summed E-state index contributed by atoms with van der Waals surface area (Å²) in [5.41, 5.74) is 1.89. The minimum atomic E-state index is -0.0914. The predicted octanol–water partition coefficient (Wildman–Crippen LogP) is 2.90. The third-order valence-corrected chi connectivity index (χ3v) is 4.42. The molecule has 0 aliphatic carbocycles. The highest BCUT2D eigenvalue weighted by atomic mass is 16.3. The number of aryl methyl sites for hydroxylation is 1. The first-order valence-corrected chi connectivity index (χ1v) is 8.64. The zero-order chi connectivity index (χ0) is 17.0. The van der Waals surface area contributed by atoms with E-state index < -0.39 is 0 Å². The third-order valence-electron chi connectivity index (χ3n) is 4.42. The van der Waals surface area contributed by atoms with Crippen molar-refractivity contribution in [2.24, 2.45) is 11.8 Å². The second-order valence-electron chi connectivity index (χ2n) is 7.22. The Morgan fingerprint density at radius 3 is 2.74 bits per heavy atom. The molecule has 0 saturated carbocycles. The minimum absolute atomic E-state index is 0.0914.